The molecule has 0 saturated carbocycles. The number of hydrogen-bond acceptors (Lipinski definition) is 7. The summed E-state index contributed by atoms with van der Waals surface area (Å²) >= 11 is 0. The predicted octanol–water partition coefficient (Wildman–Crippen LogP) is 3.07. The first-order valence-electron chi connectivity index (χ1n) is 10.9. The first-order valence-corrected chi connectivity index (χ1v) is 10.9. The fourth-order valence-electron chi connectivity index (χ4n) is 3.48. The van der Waals surface area contributed by atoms with Gasteiger partial charge in [0.25, 0.3) is 0 Å². The fraction of sp³-hybridized carbons (Fsp3) is 0.417. The Bertz CT molecular complexity index is 1040. The van der Waals surface area contributed by atoms with Gasteiger partial charge in [0.2, 0.25) is 5.95 Å². The molecule has 1 aliphatic heterocycles. The molecule has 176 valence electrons. The maximum atomic E-state index is 12.4. The number of hydrogen-bond donors (Lipinski definition) is 3. The van der Waals surface area contributed by atoms with Gasteiger partial charge in [0.05, 0.1) is 36.2 Å². The summed E-state index contributed by atoms with van der Waals surface area (Å²) < 4.78 is 5.89. The van der Waals surface area contributed by atoms with Crippen molar-refractivity contribution in [3.63, 3.8) is 0 Å². The molecule has 2 heterocycles. The Balaban J connectivity index is 1.58. The van der Waals surface area contributed by atoms with E-state index in [-0.39, 0.29) is 17.7 Å². The molecule has 3 rings (SSSR count). The maximum absolute atomic E-state index is 12.4. The summed E-state index contributed by atoms with van der Waals surface area (Å²) in [5.74, 6) is 0.432. The zero-order valence-corrected chi connectivity index (χ0v) is 19.9. The van der Waals surface area contributed by atoms with Crippen LogP contribution in [0.15, 0.2) is 47.4 Å². The number of ether oxygens (including phenoxy) is 1. The second kappa shape index (κ2) is 10.4. The van der Waals surface area contributed by atoms with Crippen molar-refractivity contribution in [1.82, 2.24) is 20.2 Å². The van der Waals surface area contributed by atoms with E-state index in [2.05, 4.69) is 31.7 Å². The van der Waals surface area contributed by atoms with E-state index in [1.807, 2.05) is 45.9 Å². The third kappa shape index (κ3) is 6.76. The van der Waals surface area contributed by atoms with E-state index in [1.165, 1.54) is 6.20 Å². The summed E-state index contributed by atoms with van der Waals surface area (Å²) in [6.07, 6.45) is 4.81. The molecule has 1 saturated heterocycles. The number of anilines is 1. The number of nitrogens with one attached hydrogen (secondary N) is 2. The number of rotatable bonds is 7. The molecule has 0 radical (unpaired) electrons. The van der Waals surface area contributed by atoms with Crippen molar-refractivity contribution >= 4 is 18.2 Å². The van der Waals surface area contributed by atoms with E-state index < -0.39 is 0 Å². The highest BCUT2D eigenvalue weighted by Crippen LogP contribution is 2.22. The minimum atomic E-state index is -0.195. The average Bonchev–Trinajstić information content (AvgIpc) is 2.74. The molecule has 0 unspecified atom stereocenters. The standard InChI is InChI=1S/C24H33N7O2/c1-16-10-17(21-8-9-27-22(30-21)29-19(11-25)13-26-5)6-7-18(16)12-28-23(32)31-14-20(15-31)33-24(2,3)4/h6-11,13,20H,12,14-15,25H2,1-5H3,(H,28,32)(H,27,29,30). The number of allylic oxidation sites excluding steroid dienone is 1. The van der Waals surface area contributed by atoms with Crippen LogP contribution in [0, 0.1) is 6.92 Å². The number of benzene rings is 1. The van der Waals surface area contributed by atoms with Crippen molar-refractivity contribution in [1.29, 1.82) is 0 Å². The number of aromatic nitrogens is 2. The highest BCUT2D eigenvalue weighted by atomic mass is 16.5. The van der Waals surface area contributed by atoms with Gasteiger partial charge in [0.1, 0.15) is 0 Å². The van der Waals surface area contributed by atoms with E-state index in [9.17, 15) is 4.79 Å². The monoisotopic (exact) mass is 451 g/mol. The van der Waals surface area contributed by atoms with Crippen LogP contribution in [0.1, 0.15) is 31.9 Å². The van der Waals surface area contributed by atoms with Gasteiger partial charge in [0, 0.05) is 37.8 Å². The van der Waals surface area contributed by atoms with Gasteiger partial charge >= 0.3 is 6.03 Å². The number of nitrogens with two attached hydrogens (primary N) is 1. The molecular formula is C24H33N7O2. The third-order valence-corrected chi connectivity index (χ3v) is 5.08. The van der Waals surface area contributed by atoms with Gasteiger partial charge < -0.3 is 26.0 Å². The zero-order valence-electron chi connectivity index (χ0n) is 19.9. The van der Waals surface area contributed by atoms with Crippen LogP contribution in [0.3, 0.4) is 0 Å². The van der Waals surface area contributed by atoms with Crippen LogP contribution in [0.2, 0.25) is 0 Å². The lowest BCUT2D eigenvalue weighted by Gasteiger charge is -2.41. The number of aryl methyl sites for hydroxylation is 1. The molecule has 0 spiro atoms. The molecule has 1 fully saturated rings. The first kappa shape index (κ1) is 24.2. The van der Waals surface area contributed by atoms with E-state index in [1.54, 1.807) is 24.4 Å². The average molecular weight is 452 g/mol. The molecule has 0 bridgehead atoms. The van der Waals surface area contributed by atoms with Crippen LogP contribution >= 0.6 is 0 Å². The lowest BCUT2D eigenvalue weighted by Crippen LogP contribution is -2.59. The number of likely N-dealkylation sites (tertiary alicyclic amines) is 1. The minimum absolute atomic E-state index is 0.0712. The molecule has 9 nitrogen and oxygen atoms in total. The topological polar surface area (TPSA) is 118 Å². The number of urea groups is 1. The van der Waals surface area contributed by atoms with Gasteiger partial charge in [-0.15, -0.1) is 0 Å². The second-order valence-electron chi connectivity index (χ2n) is 8.96. The van der Waals surface area contributed by atoms with Crippen molar-refractivity contribution < 1.29 is 9.53 Å². The van der Waals surface area contributed by atoms with Crippen LogP contribution < -0.4 is 16.4 Å². The second-order valence-corrected chi connectivity index (χ2v) is 8.96. The van der Waals surface area contributed by atoms with Crippen molar-refractivity contribution in [3.8, 4) is 11.3 Å². The molecule has 1 aromatic heterocycles. The molecule has 1 aromatic carbocycles. The van der Waals surface area contributed by atoms with Gasteiger partial charge in [-0.25, -0.2) is 14.8 Å². The number of carbonyl (C=O) groups excluding carboxylic acids is 1. The molecule has 2 aromatic rings. The Morgan fingerprint density at radius 3 is 2.73 bits per heavy atom. The minimum Gasteiger partial charge on any atom is -0.403 e. The Hall–Kier alpha value is -3.46. The van der Waals surface area contributed by atoms with Gasteiger partial charge in [-0.1, -0.05) is 12.1 Å². The summed E-state index contributed by atoms with van der Waals surface area (Å²) in [6.45, 7) is 9.80. The van der Waals surface area contributed by atoms with Crippen LogP contribution in [-0.4, -0.2) is 59.0 Å². The molecule has 2 amide bonds. The number of nitrogens with zero attached hydrogens (tertiary/aromatic N) is 4. The molecule has 0 atom stereocenters. The molecule has 1 aliphatic rings. The molecular weight excluding hydrogens is 418 g/mol. The van der Waals surface area contributed by atoms with Crippen molar-refractivity contribution in [2.24, 2.45) is 10.7 Å². The summed E-state index contributed by atoms with van der Waals surface area (Å²) in [6, 6.07) is 7.83. The summed E-state index contributed by atoms with van der Waals surface area (Å²) in [7, 11) is 1.66. The highest BCUT2D eigenvalue weighted by Gasteiger charge is 2.33. The summed E-state index contributed by atoms with van der Waals surface area (Å²) in [4.78, 5) is 26.9. The SMILES string of the molecule is CN=CC(=CN)Nc1nccc(-c2ccc(CNC(=O)N3CC(OC(C)(C)C)C3)c(C)c2)n1. The Kier molecular flexibility index (Phi) is 7.65. The third-order valence-electron chi connectivity index (χ3n) is 5.08. The van der Waals surface area contributed by atoms with E-state index in [4.69, 9.17) is 10.5 Å². The van der Waals surface area contributed by atoms with Gasteiger partial charge in [-0.3, -0.25) is 4.99 Å². The number of amides is 2. The van der Waals surface area contributed by atoms with Gasteiger partial charge in [-0.05, 0) is 51.0 Å². The van der Waals surface area contributed by atoms with Crippen molar-refractivity contribution in [2.45, 2.75) is 45.9 Å². The van der Waals surface area contributed by atoms with Crippen LogP contribution in [0.5, 0.6) is 0 Å². The Morgan fingerprint density at radius 1 is 1.33 bits per heavy atom. The normalized spacial score (nSPS) is 14.9. The van der Waals surface area contributed by atoms with Crippen molar-refractivity contribution in [3.05, 3.63) is 53.5 Å². The van der Waals surface area contributed by atoms with E-state index >= 15 is 0 Å². The number of aliphatic imine (C=N–C) groups is 1. The summed E-state index contributed by atoms with van der Waals surface area (Å²) in [5, 5.41) is 6.04. The zero-order chi connectivity index (χ0) is 24.0. The largest absolute Gasteiger partial charge is 0.403 e. The van der Waals surface area contributed by atoms with Crippen molar-refractivity contribution in [2.75, 3.05) is 25.5 Å². The maximum Gasteiger partial charge on any atom is 0.317 e. The molecule has 9 heteroatoms. The van der Waals surface area contributed by atoms with Crippen LogP contribution in [-0.2, 0) is 11.3 Å². The molecule has 4 N–H and O–H groups in total. The fourth-order valence-corrected chi connectivity index (χ4v) is 3.48. The van der Waals surface area contributed by atoms with Crippen LogP contribution in [0.25, 0.3) is 11.3 Å². The van der Waals surface area contributed by atoms with Gasteiger partial charge in [0.15, 0.2) is 0 Å². The Morgan fingerprint density at radius 2 is 2.09 bits per heavy atom. The summed E-state index contributed by atoms with van der Waals surface area (Å²) in [5.41, 5.74) is 9.86. The quantitative estimate of drug-likeness (QED) is 0.557. The number of carbonyl (C=O) groups is 1. The Labute approximate surface area is 195 Å². The van der Waals surface area contributed by atoms with Gasteiger partial charge in [-0.2, -0.15) is 0 Å². The first-order chi connectivity index (χ1) is 15.7. The predicted molar refractivity (Wildman–Crippen MR) is 131 cm³/mol. The lowest BCUT2D eigenvalue weighted by atomic mass is 10.0. The molecule has 0 aliphatic carbocycles. The van der Waals surface area contributed by atoms with Crippen LogP contribution in [0.4, 0.5) is 10.7 Å². The smallest absolute Gasteiger partial charge is 0.317 e. The van der Waals surface area contributed by atoms with E-state index in [0.29, 0.717) is 31.3 Å². The van der Waals surface area contributed by atoms with E-state index in [0.717, 1.165) is 22.4 Å². The lowest BCUT2D eigenvalue weighted by molar-refractivity contribution is -0.111. The highest BCUT2D eigenvalue weighted by molar-refractivity contribution is 5.82. The molecule has 33 heavy (non-hydrogen) atoms.